The van der Waals surface area contributed by atoms with Crippen molar-refractivity contribution in [1.82, 2.24) is 19.9 Å². The minimum absolute atomic E-state index is 0.0199. The number of carbonyl (C=O) groups excluding carboxylic acids is 1. The molecular formula is C13H21ClN6O. The third kappa shape index (κ3) is 4.17. The second kappa shape index (κ2) is 6.89. The van der Waals surface area contributed by atoms with Gasteiger partial charge in [0.2, 0.25) is 23.1 Å². The van der Waals surface area contributed by atoms with Crippen molar-refractivity contribution in [1.29, 1.82) is 0 Å². The molecule has 0 saturated carbocycles. The van der Waals surface area contributed by atoms with Crippen molar-refractivity contribution in [2.24, 2.45) is 0 Å². The van der Waals surface area contributed by atoms with Crippen LogP contribution in [0.3, 0.4) is 0 Å². The van der Waals surface area contributed by atoms with Gasteiger partial charge in [-0.2, -0.15) is 15.0 Å². The molecule has 8 heteroatoms. The van der Waals surface area contributed by atoms with Crippen molar-refractivity contribution < 1.29 is 4.79 Å². The van der Waals surface area contributed by atoms with Crippen molar-refractivity contribution >= 4 is 29.4 Å². The Labute approximate surface area is 129 Å². The largest absolute Gasteiger partial charge is 0.347 e. The highest BCUT2D eigenvalue weighted by molar-refractivity contribution is 6.28. The number of hydrogen-bond acceptors (Lipinski definition) is 6. The molecule has 116 valence electrons. The van der Waals surface area contributed by atoms with Gasteiger partial charge in [0, 0.05) is 34.2 Å². The fourth-order valence-corrected chi connectivity index (χ4v) is 2.30. The Morgan fingerprint density at radius 3 is 2.43 bits per heavy atom. The Morgan fingerprint density at radius 1 is 1.14 bits per heavy atom. The number of nitrogens with zero attached hydrogens (tertiary/aromatic N) is 6. The second-order valence-corrected chi connectivity index (χ2v) is 5.73. The highest BCUT2D eigenvalue weighted by atomic mass is 35.5. The van der Waals surface area contributed by atoms with E-state index in [1.807, 2.05) is 0 Å². The molecule has 2 heterocycles. The van der Waals surface area contributed by atoms with E-state index in [0.29, 0.717) is 11.9 Å². The topological polar surface area (TPSA) is 65.5 Å². The molecule has 1 aliphatic rings. The molecule has 2 rings (SSSR count). The molecule has 0 spiro atoms. The van der Waals surface area contributed by atoms with E-state index in [0.717, 1.165) is 25.9 Å². The Hall–Kier alpha value is -1.63. The molecule has 0 radical (unpaired) electrons. The monoisotopic (exact) mass is 312 g/mol. The summed E-state index contributed by atoms with van der Waals surface area (Å²) in [6, 6.07) is 0. The molecule has 0 unspecified atom stereocenters. The first-order valence-corrected chi connectivity index (χ1v) is 7.43. The Kier molecular flexibility index (Phi) is 5.17. The molecule has 0 aromatic carbocycles. The number of rotatable bonds is 4. The van der Waals surface area contributed by atoms with E-state index in [1.165, 1.54) is 11.3 Å². The molecule has 1 aliphatic heterocycles. The normalized spacial score (nSPS) is 15.0. The van der Waals surface area contributed by atoms with E-state index in [1.54, 1.807) is 26.0 Å². The van der Waals surface area contributed by atoms with Crippen molar-refractivity contribution in [2.75, 3.05) is 50.6 Å². The smallest absolute Gasteiger partial charge is 0.241 e. The molecule has 0 aliphatic carbocycles. The molecule has 1 aromatic rings. The summed E-state index contributed by atoms with van der Waals surface area (Å²) >= 11 is 6.00. The molecule has 1 aromatic heterocycles. The number of aromatic nitrogens is 3. The molecule has 0 atom stereocenters. The molecule has 21 heavy (non-hydrogen) atoms. The van der Waals surface area contributed by atoms with Crippen LogP contribution >= 0.6 is 11.6 Å². The average Bonchev–Trinajstić information content (AvgIpc) is 2.47. The number of anilines is 2. The average molecular weight is 313 g/mol. The van der Waals surface area contributed by atoms with Crippen LogP contribution in [0.5, 0.6) is 0 Å². The summed E-state index contributed by atoms with van der Waals surface area (Å²) < 4.78 is 0. The lowest BCUT2D eigenvalue weighted by Gasteiger charge is -2.27. The fraction of sp³-hybridized carbons (Fsp3) is 0.692. The van der Waals surface area contributed by atoms with E-state index >= 15 is 0 Å². The van der Waals surface area contributed by atoms with Crippen LogP contribution in [0, 0.1) is 0 Å². The zero-order valence-corrected chi connectivity index (χ0v) is 13.5. The number of halogens is 1. The van der Waals surface area contributed by atoms with Crippen LogP contribution in [0.25, 0.3) is 0 Å². The van der Waals surface area contributed by atoms with Crippen molar-refractivity contribution in [2.45, 2.75) is 19.3 Å². The van der Waals surface area contributed by atoms with E-state index in [4.69, 9.17) is 11.6 Å². The maximum absolute atomic E-state index is 11.8. The van der Waals surface area contributed by atoms with Gasteiger partial charge in [-0.1, -0.05) is 0 Å². The lowest BCUT2D eigenvalue weighted by molar-refractivity contribution is -0.127. The number of piperidine rings is 1. The lowest BCUT2D eigenvalue weighted by Crippen LogP contribution is -2.36. The Morgan fingerprint density at radius 2 is 1.81 bits per heavy atom. The van der Waals surface area contributed by atoms with Crippen molar-refractivity contribution in [3.63, 3.8) is 0 Å². The highest BCUT2D eigenvalue weighted by Gasteiger charge is 2.18. The van der Waals surface area contributed by atoms with Crippen LogP contribution < -0.4 is 9.80 Å². The van der Waals surface area contributed by atoms with Crippen LogP contribution in [-0.4, -0.2) is 66.5 Å². The van der Waals surface area contributed by atoms with Gasteiger partial charge in [-0.05, 0) is 30.9 Å². The van der Waals surface area contributed by atoms with Gasteiger partial charge >= 0.3 is 0 Å². The molecule has 7 nitrogen and oxygen atoms in total. The molecule has 0 bridgehead atoms. The predicted octanol–water partition coefficient (Wildman–Crippen LogP) is 1.04. The third-order valence-electron chi connectivity index (χ3n) is 3.44. The Bertz CT molecular complexity index is 503. The summed E-state index contributed by atoms with van der Waals surface area (Å²) in [5, 5.41) is 0.157. The molecule has 1 amide bonds. The number of hydrogen-bond donors (Lipinski definition) is 0. The summed E-state index contributed by atoms with van der Waals surface area (Å²) in [4.78, 5) is 29.9. The quantitative estimate of drug-likeness (QED) is 0.827. The second-order valence-electron chi connectivity index (χ2n) is 5.40. The number of carbonyl (C=O) groups is 1. The predicted molar refractivity (Wildman–Crippen MR) is 82.9 cm³/mol. The molecular weight excluding hydrogens is 292 g/mol. The van der Waals surface area contributed by atoms with Crippen molar-refractivity contribution in [3.05, 3.63) is 5.28 Å². The van der Waals surface area contributed by atoms with Gasteiger partial charge in [0.25, 0.3) is 0 Å². The molecule has 1 fully saturated rings. The zero-order chi connectivity index (χ0) is 15.4. The molecule has 1 saturated heterocycles. The van der Waals surface area contributed by atoms with Gasteiger partial charge < -0.3 is 14.7 Å². The summed E-state index contributed by atoms with van der Waals surface area (Å²) in [6.07, 6.45) is 3.50. The van der Waals surface area contributed by atoms with Crippen LogP contribution in [-0.2, 0) is 4.79 Å². The standard InChI is InChI=1S/C13H21ClN6O/c1-18(2)10(21)9-19(3)12-15-11(14)16-13(17-12)20-7-5-4-6-8-20/h4-9H2,1-3H3. The summed E-state index contributed by atoms with van der Waals surface area (Å²) in [7, 11) is 5.21. The van der Waals surface area contributed by atoms with Gasteiger partial charge in [-0.15, -0.1) is 0 Å². The first-order chi connectivity index (χ1) is 9.97. The van der Waals surface area contributed by atoms with Crippen LogP contribution in [0.1, 0.15) is 19.3 Å². The minimum atomic E-state index is -0.0199. The Balaban J connectivity index is 2.15. The third-order valence-corrected chi connectivity index (χ3v) is 3.61. The maximum Gasteiger partial charge on any atom is 0.241 e. The maximum atomic E-state index is 11.8. The summed E-state index contributed by atoms with van der Waals surface area (Å²) in [5.74, 6) is 0.994. The SMILES string of the molecule is CN(C)C(=O)CN(C)c1nc(Cl)nc(N2CCCCC2)n1. The van der Waals surface area contributed by atoms with Gasteiger partial charge in [0.15, 0.2) is 0 Å². The van der Waals surface area contributed by atoms with Gasteiger partial charge in [-0.3, -0.25) is 4.79 Å². The van der Waals surface area contributed by atoms with Gasteiger partial charge in [0.05, 0.1) is 6.54 Å². The summed E-state index contributed by atoms with van der Waals surface area (Å²) in [6.45, 7) is 2.06. The first kappa shape index (κ1) is 15.8. The first-order valence-electron chi connectivity index (χ1n) is 7.05. The van der Waals surface area contributed by atoms with Crippen molar-refractivity contribution in [3.8, 4) is 0 Å². The van der Waals surface area contributed by atoms with E-state index in [-0.39, 0.29) is 17.7 Å². The zero-order valence-electron chi connectivity index (χ0n) is 12.7. The van der Waals surface area contributed by atoms with E-state index in [9.17, 15) is 4.79 Å². The fourth-order valence-electron chi connectivity index (χ4n) is 2.15. The number of likely N-dealkylation sites (N-methyl/N-ethyl adjacent to an activating group) is 2. The molecule has 0 N–H and O–H groups in total. The van der Waals surface area contributed by atoms with Crippen LogP contribution in [0.4, 0.5) is 11.9 Å². The summed E-state index contributed by atoms with van der Waals surface area (Å²) in [5.41, 5.74) is 0. The lowest BCUT2D eigenvalue weighted by atomic mass is 10.1. The van der Waals surface area contributed by atoms with Gasteiger partial charge in [0.1, 0.15) is 0 Å². The minimum Gasteiger partial charge on any atom is -0.347 e. The van der Waals surface area contributed by atoms with E-state index in [2.05, 4.69) is 19.9 Å². The van der Waals surface area contributed by atoms with Crippen LogP contribution in [0.15, 0.2) is 0 Å². The van der Waals surface area contributed by atoms with E-state index < -0.39 is 0 Å². The highest BCUT2D eigenvalue weighted by Crippen LogP contribution is 2.19. The number of amides is 1. The van der Waals surface area contributed by atoms with Gasteiger partial charge in [-0.25, -0.2) is 0 Å². The van der Waals surface area contributed by atoms with Crippen LogP contribution in [0.2, 0.25) is 5.28 Å².